The van der Waals surface area contributed by atoms with Gasteiger partial charge in [0.15, 0.2) is 0 Å². The van der Waals surface area contributed by atoms with Crippen LogP contribution in [0.3, 0.4) is 0 Å². The maximum Gasteiger partial charge on any atom is 0.148 e. The Hall–Kier alpha value is -5.48. The second kappa shape index (κ2) is 8.01. The minimum absolute atomic E-state index is 0.915. The standard InChI is InChI=1S/C36H22N4/c1-3-10-25-20-27(17-15-23(25)8-1)39-31-13-6-5-12-29(31)35-33(39)22-30-34-32(14-7-19-37-34)40(36(30)38-35)28-18-16-24-9-2-4-11-26(24)21-28/h1-22H. The van der Waals surface area contributed by atoms with Crippen molar-refractivity contribution in [1.82, 2.24) is 19.1 Å². The molecule has 40 heavy (non-hydrogen) atoms. The Labute approximate surface area is 229 Å². The first kappa shape index (κ1) is 21.5. The number of nitrogens with zero attached hydrogens (tertiary/aromatic N) is 4. The van der Waals surface area contributed by atoms with E-state index in [1.54, 1.807) is 0 Å². The molecule has 0 amide bonds. The van der Waals surface area contributed by atoms with Gasteiger partial charge in [-0.2, -0.15) is 0 Å². The van der Waals surface area contributed by atoms with Crippen LogP contribution < -0.4 is 0 Å². The largest absolute Gasteiger partial charge is 0.308 e. The molecule has 0 spiro atoms. The van der Waals surface area contributed by atoms with Crippen LogP contribution in [0.4, 0.5) is 0 Å². The topological polar surface area (TPSA) is 35.6 Å². The highest BCUT2D eigenvalue weighted by molar-refractivity contribution is 6.15. The molecule has 5 aromatic carbocycles. The molecule has 9 rings (SSSR count). The first-order chi connectivity index (χ1) is 19.8. The van der Waals surface area contributed by atoms with Crippen molar-refractivity contribution >= 4 is 65.5 Å². The lowest BCUT2D eigenvalue weighted by molar-refractivity contribution is 1.14. The molecule has 0 N–H and O–H groups in total. The van der Waals surface area contributed by atoms with Gasteiger partial charge in [0.25, 0.3) is 0 Å². The lowest BCUT2D eigenvalue weighted by Gasteiger charge is -2.10. The Kier molecular flexibility index (Phi) is 4.30. The van der Waals surface area contributed by atoms with Gasteiger partial charge >= 0.3 is 0 Å². The number of hydrogen-bond donors (Lipinski definition) is 0. The van der Waals surface area contributed by atoms with E-state index in [2.05, 4.69) is 130 Å². The summed E-state index contributed by atoms with van der Waals surface area (Å²) in [7, 11) is 0. The third-order valence-electron chi connectivity index (χ3n) is 8.10. The van der Waals surface area contributed by atoms with Crippen LogP contribution in [-0.4, -0.2) is 19.1 Å². The summed E-state index contributed by atoms with van der Waals surface area (Å²) in [5, 5.41) is 7.05. The van der Waals surface area contributed by atoms with Gasteiger partial charge in [-0.3, -0.25) is 9.55 Å². The fourth-order valence-corrected chi connectivity index (χ4v) is 6.28. The second-order valence-electron chi connectivity index (χ2n) is 10.3. The molecule has 0 bridgehead atoms. The van der Waals surface area contributed by atoms with Gasteiger partial charge < -0.3 is 4.57 Å². The van der Waals surface area contributed by atoms with E-state index in [-0.39, 0.29) is 0 Å². The summed E-state index contributed by atoms with van der Waals surface area (Å²) in [4.78, 5) is 10.3. The SMILES string of the molecule is c1ccc2cc(-n3c4ccccc4c4nc5c(cc43)c3ncccc3n5-c3ccc4ccccc4c3)ccc2c1. The molecule has 0 saturated carbocycles. The number of rotatable bonds is 2. The predicted molar refractivity (Wildman–Crippen MR) is 166 cm³/mol. The Balaban J connectivity index is 1.41. The van der Waals surface area contributed by atoms with Crippen LogP contribution in [0.2, 0.25) is 0 Å². The molecule has 0 unspecified atom stereocenters. The van der Waals surface area contributed by atoms with Crippen molar-refractivity contribution in [2.45, 2.75) is 0 Å². The Morgan fingerprint density at radius 2 is 1.05 bits per heavy atom. The summed E-state index contributed by atoms with van der Waals surface area (Å²) in [6.07, 6.45) is 1.87. The predicted octanol–water partition coefficient (Wildman–Crippen LogP) is 8.98. The van der Waals surface area contributed by atoms with E-state index in [9.17, 15) is 0 Å². The van der Waals surface area contributed by atoms with Crippen LogP contribution >= 0.6 is 0 Å². The lowest BCUT2D eigenvalue weighted by atomic mass is 10.1. The van der Waals surface area contributed by atoms with Gasteiger partial charge in [0.05, 0.1) is 27.6 Å². The molecule has 9 aromatic rings. The van der Waals surface area contributed by atoms with E-state index in [0.29, 0.717) is 0 Å². The minimum atomic E-state index is 0.915. The van der Waals surface area contributed by atoms with Crippen molar-refractivity contribution in [3.63, 3.8) is 0 Å². The highest BCUT2D eigenvalue weighted by Crippen LogP contribution is 2.37. The van der Waals surface area contributed by atoms with Crippen molar-refractivity contribution in [1.29, 1.82) is 0 Å². The number of fused-ring (bicyclic) bond motifs is 8. The first-order valence-electron chi connectivity index (χ1n) is 13.5. The molecule has 4 aromatic heterocycles. The van der Waals surface area contributed by atoms with Gasteiger partial charge in [0, 0.05) is 28.3 Å². The number of hydrogen-bond acceptors (Lipinski definition) is 2. The van der Waals surface area contributed by atoms with Crippen LogP contribution in [0.5, 0.6) is 0 Å². The van der Waals surface area contributed by atoms with Crippen LogP contribution in [0.25, 0.3) is 76.9 Å². The zero-order valence-corrected chi connectivity index (χ0v) is 21.5. The number of para-hydroxylation sites is 1. The molecule has 4 heterocycles. The Bertz CT molecular complexity index is 2270. The normalized spacial score (nSPS) is 12.0. The molecular weight excluding hydrogens is 488 g/mol. The van der Waals surface area contributed by atoms with E-state index in [1.165, 1.54) is 21.5 Å². The van der Waals surface area contributed by atoms with Crippen LogP contribution in [0.1, 0.15) is 0 Å². The second-order valence-corrected chi connectivity index (χ2v) is 10.3. The van der Waals surface area contributed by atoms with Crippen molar-refractivity contribution in [2.75, 3.05) is 0 Å². The summed E-state index contributed by atoms with van der Waals surface area (Å²) >= 11 is 0. The van der Waals surface area contributed by atoms with Gasteiger partial charge in [-0.1, -0.05) is 78.9 Å². The third kappa shape index (κ3) is 2.96. The quantitative estimate of drug-likeness (QED) is 0.233. The monoisotopic (exact) mass is 510 g/mol. The van der Waals surface area contributed by atoms with Gasteiger partial charge in [-0.25, -0.2) is 4.98 Å². The van der Waals surface area contributed by atoms with Crippen molar-refractivity contribution in [3.05, 3.63) is 134 Å². The highest BCUT2D eigenvalue weighted by atomic mass is 15.1. The average Bonchev–Trinajstić information content (AvgIpc) is 3.51. The van der Waals surface area contributed by atoms with Gasteiger partial charge in [0.1, 0.15) is 5.65 Å². The molecule has 186 valence electrons. The fraction of sp³-hybridized carbons (Fsp3) is 0. The molecule has 0 saturated heterocycles. The molecule has 0 radical (unpaired) electrons. The summed E-state index contributed by atoms with van der Waals surface area (Å²) in [5.74, 6) is 0. The third-order valence-corrected chi connectivity index (χ3v) is 8.10. The summed E-state index contributed by atoms with van der Waals surface area (Å²) in [5.41, 5.74) is 8.33. The highest BCUT2D eigenvalue weighted by Gasteiger charge is 2.20. The maximum atomic E-state index is 5.41. The van der Waals surface area contributed by atoms with E-state index >= 15 is 0 Å². The average molecular weight is 511 g/mol. The molecular formula is C36H22N4. The zero-order chi connectivity index (χ0) is 26.2. The van der Waals surface area contributed by atoms with Gasteiger partial charge in [0.2, 0.25) is 0 Å². The van der Waals surface area contributed by atoms with Gasteiger partial charge in [-0.15, -0.1) is 0 Å². The Morgan fingerprint density at radius 1 is 0.425 bits per heavy atom. The number of benzene rings is 5. The van der Waals surface area contributed by atoms with E-state index in [4.69, 9.17) is 9.97 Å². The van der Waals surface area contributed by atoms with E-state index in [0.717, 1.165) is 55.4 Å². The molecule has 4 nitrogen and oxygen atoms in total. The number of pyridine rings is 2. The first-order valence-corrected chi connectivity index (χ1v) is 13.5. The molecule has 4 heteroatoms. The van der Waals surface area contributed by atoms with Crippen LogP contribution in [-0.2, 0) is 0 Å². The van der Waals surface area contributed by atoms with Crippen LogP contribution in [0, 0.1) is 0 Å². The van der Waals surface area contributed by atoms with Crippen molar-refractivity contribution < 1.29 is 0 Å². The van der Waals surface area contributed by atoms with E-state index in [1.807, 2.05) is 12.3 Å². The smallest absolute Gasteiger partial charge is 0.148 e. The minimum Gasteiger partial charge on any atom is -0.308 e. The van der Waals surface area contributed by atoms with Gasteiger partial charge in [-0.05, 0) is 70.1 Å². The summed E-state index contributed by atoms with van der Waals surface area (Å²) < 4.78 is 4.59. The van der Waals surface area contributed by atoms with E-state index < -0.39 is 0 Å². The van der Waals surface area contributed by atoms with Crippen molar-refractivity contribution in [3.8, 4) is 11.4 Å². The molecule has 0 aliphatic rings. The number of aromatic nitrogens is 4. The zero-order valence-electron chi connectivity index (χ0n) is 21.5. The fourth-order valence-electron chi connectivity index (χ4n) is 6.28. The maximum absolute atomic E-state index is 5.41. The van der Waals surface area contributed by atoms with Crippen LogP contribution in [0.15, 0.2) is 134 Å². The molecule has 0 atom stereocenters. The molecule has 0 fully saturated rings. The lowest BCUT2D eigenvalue weighted by Crippen LogP contribution is -1.97. The summed E-state index contributed by atoms with van der Waals surface area (Å²) in [6.45, 7) is 0. The van der Waals surface area contributed by atoms with Crippen molar-refractivity contribution in [2.24, 2.45) is 0 Å². The molecule has 0 aliphatic heterocycles. The summed E-state index contributed by atoms with van der Waals surface area (Å²) in [6, 6.07) is 45.2. The molecule has 0 aliphatic carbocycles. The Morgan fingerprint density at radius 3 is 1.80 bits per heavy atom.